The molecule has 1 fully saturated rings. The van der Waals surface area contributed by atoms with Crippen molar-refractivity contribution in [1.29, 1.82) is 0 Å². The molecule has 0 spiro atoms. The average Bonchev–Trinajstić information content (AvgIpc) is 2.51. The van der Waals surface area contributed by atoms with Gasteiger partial charge in [0.15, 0.2) is 5.78 Å². The summed E-state index contributed by atoms with van der Waals surface area (Å²) >= 11 is 0. The molecule has 0 N–H and O–H groups in total. The number of hydrogen-bond donors (Lipinski definition) is 0. The number of carbonyl (C=O) groups excluding carboxylic acids is 2. The second-order valence-electron chi connectivity index (χ2n) is 5.23. The number of piperidine rings is 1. The molecule has 0 radical (unpaired) electrons. The predicted octanol–water partition coefficient (Wildman–Crippen LogP) is 2.34. The lowest BCUT2D eigenvalue weighted by molar-refractivity contribution is -0.385. The number of benzene rings is 1. The number of nitro groups is 1. The highest BCUT2D eigenvalue weighted by molar-refractivity contribution is 6.25. The van der Waals surface area contributed by atoms with Crippen LogP contribution in [0.2, 0.25) is 0 Å². The zero-order chi connectivity index (χ0) is 15.0. The largest absolute Gasteiger partial charge is 0.368 e. The molecule has 0 saturated carbocycles. The van der Waals surface area contributed by atoms with Gasteiger partial charge < -0.3 is 4.90 Å². The van der Waals surface area contributed by atoms with Crippen LogP contribution in [0.5, 0.6) is 0 Å². The number of rotatable bonds is 2. The van der Waals surface area contributed by atoms with Gasteiger partial charge in [-0.15, -0.1) is 0 Å². The van der Waals surface area contributed by atoms with Crippen LogP contribution in [-0.4, -0.2) is 34.5 Å². The van der Waals surface area contributed by atoms with E-state index in [1.807, 2.05) is 4.90 Å². The summed E-state index contributed by atoms with van der Waals surface area (Å²) in [5.74, 6) is -0.757. The smallest absolute Gasteiger partial charge is 0.281 e. The van der Waals surface area contributed by atoms with E-state index >= 15 is 0 Å². The summed E-state index contributed by atoms with van der Waals surface area (Å²) in [4.78, 5) is 37.2. The molecule has 6 heteroatoms. The van der Waals surface area contributed by atoms with Gasteiger partial charge in [-0.1, -0.05) is 6.07 Å². The van der Waals surface area contributed by atoms with Gasteiger partial charge in [-0.2, -0.15) is 0 Å². The molecule has 3 rings (SSSR count). The predicted molar refractivity (Wildman–Crippen MR) is 75.3 cm³/mol. The van der Waals surface area contributed by atoms with Crippen molar-refractivity contribution in [2.45, 2.75) is 19.3 Å². The number of fused-ring (bicyclic) bond motifs is 1. The molecular weight excluding hydrogens is 272 g/mol. The van der Waals surface area contributed by atoms with Crippen molar-refractivity contribution in [3.8, 4) is 0 Å². The fourth-order valence-corrected chi connectivity index (χ4v) is 2.90. The van der Waals surface area contributed by atoms with Crippen LogP contribution in [-0.2, 0) is 0 Å². The van der Waals surface area contributed by atoms with Gasteiger partial charge in [-0.3, -0.25) is 19.7 Å². The molecule has 1 aromatic carbocycles. The lowest BCUT2D eigenvalue weighted by Crippen LogP contribution is -2.35. The third-order valence-corrected chi connectivity index (χ3v) is 3.93. The zero-order valence-corrected chi connectivity index (χ0v) is 11.4. The lowest BCUT2D eigenvalue weighted by atomic mass is 9.90. The monoisotopic (exact) mass is 286 g/mol. The summed E-state index contributed by atoms with van der Waals surface area (Å²) in [6.07, 6.45) is 4.34. The fraction of sp³-hybridized carbons (Fsp3) is 0.333. The van der Waals surface area contributed by atoms with Crippen LogP contribution >= 0.6 is 0 Å². The van der Waals surface area contributed by atoms with Gasteiger partial charge in [0, 0.05) is 30.8 Å². The molecule has 108 valence electrons. The first-order valence-electron chi connectivity index (χ1n) is 6.92. The SMILES string of the molecule is O=C1C=C(N2CCCCC2)C(=O)c2c1cccc2[N+](=O)[O-]. The van der Waals surface area contributed by atoms with Crippen molar-refractivity contribution in [3.63, 3.8) is 0 Å². The number of nitro benzene ring substituents is 1. The minimum Gasteiger partial charge on any atom is -0.368 e. The Balaban J connectivity index is 2.08. The maximum atomic E-state index is 12.6. The summed E-state index contributed by atoms with van der Waals surface area (Å²) in [7, 11) is 0. The number of hydrogen-bond acceptors (Lipinski definition) is 5. The second kappa shape index (κ2) is 5.12. The van der Waals surface area contributed by atoms with Gasteiger partial charge in [-0.25, -0.2) is 0 Å². The highest BCUT2D eigenvalue weighted by atomic mass is 16.6. The van der Waals surface area contributed by atoms with E-state index in [2.05, 4.69) is 0 Å². The van der Waals surface area contributed by atoms with Crippen LogP contribution in [0.1, 0.15) is 40.0 Å². The maximum Gasteiger partial charge on any atom is 0.281 e. The molecule has 0 bridgehead atoms. The van der Waals surface area contributed by atoms with E-state index in [4.69, 9.17) is 0 Å². The Morgan fingerprint density at radius 3 is 2.48 bits per heavy atom. The normalized spacial score (nSPS) is 18.3. The molecule has 1 aliphatic heterocycles. The van der Waals surface area contributed by atoms with Gasteiger partial charge in [0.05, 0.1) is 10.6 Å². The van der Waals surface area contributed by atoms with Gasteiger partial charge >= 0.3 is 0 Å². The highest BCUT2D eigenvalue weighted by Crippen LogP contribution is 2.31. The van der Waals surface area contributed by atoms with Gasteiger partial charge in [0.2, 0.25) is 5.78 Å². The van der Waals surface area contributed by atoms with E-state index in [1.165, 1.54) is 24.3 Å². The van der Waals surface area contributed by atoms with E-state index in [0.29, 0.717) is 18.8 Å². The summed E-state index contributed by atoms with van der Waals surface area (Å²) in [6.45, 7) is 1.42. The standard InChI is InChI=1S/C15H14N2O4/c18-13-9-12(16-7-2-1-3-8-16)15(19)14-10(13)5-4-6-11(14)17(20)21/h4-6,9H,1-3,7-8H2. The molecule has 6 nitrogen and oxygen atoms in total. The van der Waals surface area contributed by atoms with E-state index in [1.54, 1.807) is 0 Å². The Kier molecular flexibility index (Phi) is 3.29. The van der Waals surface area contributed by atoms with Crippen LogP contribution < -0.4 is 0 Å². The number of Topliss-reactive ketones (excluding diaryl/α,β-unsaturated/α-hetero) is 1. The number of ketones is 2. The first-order valence-corrected chi connectivity index (χ1v) is 6.92. The summed E-state index contributed by atoms with van der Waals surface area (Å²) in [5.41, 5.74) is 0.0421. The van der Waals surface area contributed by atoms with Crippen molar-refractivity contribution < 1.29 is 14.5 Å². The van der Waals surface area contributed by atoms with Gasteiger partial charge in [0.1, 0.15) is 5.56 Å². The van der Waals surface area contributed by atoms with E-state index in [0.717, 1.165) is 19.3 Å². The van der Waals surface area contributed by atoms with Crippen LogP contribution in [0.15, 0.2) is 30.0 Å². The lowest BCUT2D eigenvalue weighted by Gasteiger charge is -2.31. The number of allylic oxidation sites excluding steroid dienone is 2. The average molecular weight is 286 g/mol. The third kappa shape index (κ3) is 2.22. The summed E-state index contributed by atoms with van der Waals surface area (Å²) in [6, 6.07) is 4.16. The van der Waals surface area contributed by atoms with Crippen molar-refractivity contribution in [2.75, 3.05) is 13.1 Å². The van der Waals surface area contributed by atoms with Crippen LogP contribution in [0.25, 0.3) is 0 Å². The number of carbonyl (C=O) groups is 2. The molecule has 1 aromatic rings. The molecule has 1 heterocycles. The Hall–Kier alpha value is -2.50. The topological polar surface area (TPSA) is 80.5 Å². The molecule has 0 atom stereocenters. The minimum atomic E-state index is -0.608. The van der Waals surface area contributed by atoms with Gasteiger partial charge in [0.25, 0.3) is 5.69 Å². The quantitative estimate of drug-likeness (QED) is 0.615. The fourth-order valence-electron chi connectivity index (χ4n) is 2.90. The molecular formula is C15H14N2O4. The van der Waals surface area contributed by atoms with Crippen LogP contribution in [0, 0.1) is 10.1 Å². The van der Waals surface area contributed by atoms with Crippen molar-refractivity contribution in [1.82, 2.24) is 4.90 Å². The molecule has 2 aliphatic rings. The van der Waals surface area contributed by atoms with Crippen LogP contribution in [0.3, 0.4) is 0 Å². The zero-order valence-electron chi connectivity index (χ0n) is 11.4. The summed E-state index contributed by atoms with van der Waals surface area (Å²) in [5, 5.41) is 11.1. The molecule has 21 heavy (non-hydrogen) atoms. The van der Waals surface area contributed by atoms with Gasteiger partial charge in [-0.05, 0) is 25.3 Å². The Morgan fingerprint density at radius 1 is 1.10 bits per heavy atom. The van der Waals surface area contributed by atoms with Crippen LogP contribution in [0.4, 0.5) is 5.69 Å². The Bertz CT molecular complexity index is 672. The minimum absolute atomic E-state index is 0.0735. The van der Waals surface area contributed by atoms with E-state index < -0.39 is 10.7 Å². The Labute approximate surface area is 121 Å². The Morgan fingerprint density at radius 2 is 1.81 bits per heavy atom. The first kappa shape index (κ1) is 13.5. The molecule has 1 aliphatic carbocycles. The molecule has 0 unspecified atom stereocenters. The molecule has 0 amide bonds. The van der Waals surface area contributed by atoms with Crippen molar-refractivity contribution >= 4 is 17.3 Å². The summed E-state index contributed by atoms with van der Waals surface area (Å²) < 4.78 is 0. The number of likely N-dealkylation sites (tertiary alicyclic amines) is 1. The van der Waals surface area contributed by atoms with Crippen molar-refractivity contribution in [3.05, 3.63) is 51.2 Å². The first-order chi connectivity index (χ1) is 10.1. The second-order valence-corrected chi connectivity index (χ2v) is 5.23. The maximum absolute atomic E-state index is 12.6. The van der Waals surface area contributed by atoms with Crippen molar-refractivity contribution in [2.24, 2.45) is 0 Å². The third-order valence-electron chi connectivity index (χ3n) is 3.93. The molecule has 0 aromatic heterocycles. The highest BCUT2D eigenvalue weighted by Gasteiger charge is 2.35. The number of nitrogens with zero attached hydrogens (tertiary/aromatic N) is 2. The molecule has 1 saturated heterocycles. The van der Waals surface area contributed by atoms with E-state index in [-0.39, 0.29) is 22.6 Å². The van der Waals surface area contributed by atoms with E-state index in [9.17, 15) is 19.7 Å².